The van der Waals surface area contributed by atoms with Crippen molar-refractivity contribution < 1.29 is 0 Å². The SMILES string of the molecule is CCCCCCCCC(C)C(CC)CCC. The van der Waals surface area contributed by atoms with Crippen LogP contribution in [0.25, 0.3) is 0 Å². The maximum atomic E-state index is 2.47. The lowest BCUT2D eigenvalue weighted by atomic mass is 9.84. The number of hydrogen-bond acceptors (Lipinski definition) is 0. The second-order valence-electron chi connectivity index (χ2n) is 5.49. The number of unbranched alkanes of at least 4 members (excludes halogenated alkanes) is 5. The highest BCUT2D eigenvalue weighted by Gasteiger charge is 2.13. The normalized spacial score (nSPS) is 15.0. The van der Waals surface area contributed by atoms with E-state index in [9.17, 15) is 0 Å². The molecule has 0 aliphatic rings. The zero-order valence-corrected chi connectivity index (χ0v) is 12.2. The lowest BCUT2D eigenvalue weighted by Gasteiger charge is -2.22. The first kappa shape index (κ1) is 16.0. The van der Waals surface area contributed by atoms with Gasteiger partial charge < -0.3 is 0 Å². The van der Waals surface area contributed by atoms with Crippen LogP contribution >= 0.6 is 0 Å². The summed E-state index contributed by atoms with van der Waals surface area (Å²) >= 11 is 0. The van der Waals surface area contributed by atoms with Crippen LogP contribution in [0.2, 0.25) is 0 Å². The van der Waals surface area contributed by atoms with Gasteiger partial charge in [0.05, 0.1) is 0 Å². The second kappa shape index (κ2) is 11.5. The van der Waals surface area contributed by atoms with Crippen LogP contribution in [0, 0.1) is 11.8 Å². The van der Waals surface area contributed by atoms with Gasteiger partial charge in [-0.2, -0.15) is 0 Å². The third kappa shape index (κ3) is 8.19. The third-order valence-corrected chi connectivity index (χ3v) is 4.00. The van der Waals surface area contributed by atoms with Crippen LogP contribution < -0.4 is 0 Å². The maximum Gasteiger partial charge on any atom is -0.0391 e. The van der Waals surface area contributed by atoms with Crippen LogP contribution in [-0.2, 0) is 0 Å². The first-order chi connectivity index (χ1) is 7.76. The van der Waals surface area contributed by atoms with E-state index in [1.165, 1.54) is 64.2 Å². The van der Waals surface area contributed by atoms with Crippen molar-refractivity contribution in [3.63, 3.8) is 0 Å². The molecule has 0 saturated heterocycles. The summed E-state index contributed by atoms with van der Waals surface area (Å²) in [5.41, 5.74) is 0. The van der Waals surface area contributed by atoms with Crippen molar-refractivity contribution in [1.29, 1.82) is 0 Å². The van der Waals surface area contributed by atoms with Crippen molar-refractivity contribution in [3.05, 3.63) is 0 Å². The minimum absolute atomic E-state index is 0.955. The Kier molecular flexibility index (Phi) is 11.5. The zero-order valence-electron chi connectivity index (χ0n) is 12.2. The molecule has 0 spiro atoms. The van der Waals surface area contributed by atoms with Crippen molar-refractivity contribution in [2.45, 2.75) is 91.9 Å². The Labute approximate surface area is 104 Å². The molecule has 0 aromatic heterocycles. The van der Waals surface area contributed by atoms with Crippen molar-refractivity contribution in [2.24, 2.45) is 11.8 Å². The van der Waals surface area contributed by atoms with E-state index in [-0.39, 0.29) is 0 Å². The van der Waals surface area contributed by atoms with E-state index in [1.54, 1.807) is 0 Å². The van der Waals surface area contributed by atoms with E-state index < -0.39 is 0 Å². The third-order valence-electron chi connectivity index (χ3n) is 4.00. The monoisotopic (exact) mass is 226 g/mol. The smallest absolute Gasteiger partial charge is 0.0391 e. The van der Waals surface area contributed by atoms with E-state index >= 15 is 0 Å². The van der Waals surface area contributed by atoms with Crippen LogP contribution in [0.3, 0.4) is 0 Å². The van der Waals surface area contributed by atoms with Crippen LogP contribution in [0.1, 0.15) is 91.9 Å². The fourth-order valence-corrected chi connectivity index (χ4v) is 2.74. The second-order valence-corrected chi connectivity index (χ2v) is 5.49. The van der Waals surface area contributed by atoms with Gasteiger partial charge in [0.15, 0.2) is 0 Å². The van der Waals surface area contributed by atoms with Gasteiger partial charge in [-0.15, -0.1) is 0 Å². The molecular formula is C16H34. The molecule has 0 aliphatic carbocycles. The van der Waals surface area contributed by atoms with E-state index in [0.29, 0.717) is 0 Å². The van der Waals surface area contributed by atoms with Crippen molar-refractivity contribution in [3.8, 4) is 0 Å². The van der Waals surface area contributed by atoms with Gasteiger partial charge >= 0.3 is 0 Å². The van der Waals surface area contributed by atoms with Gasteiger partial charge in [-0.1, -0.05) is 91.9 Å². The Balaban J connectivity index is 3.43. The lowest BCUT2D eigenvalue weighted by Crippen LogP contribution is -2.10. The van der Waals surface area contributed by atoms with E-state index in [4.69, 9.17) is 0 Å². The van der Waals surface area contributed by atoms with Crippen LogP contribution in [0.4, 0.5) is 0 Å². The first-order valence-electron chi connectivity index (χ1n) is 7.76. The quantitative estimate of drug-likeness (QED) is 0.368. The Morgan fingerprint density at radius 1 is 0.688 bits per heavy atom. The summed E-state index contributed by atoms with van der Waals surface area (Å²) in [6.45, 7) is 9.44. The molecule has 0 aromatic rings. The minimum Gasteiger partial charge on any atom is -0.0654 e. The van der Waals surface area contributed by atoms with Crippen LogP contribution in [-0.4, -0.2) is 0 Å². The molecule has 0 amide bonds. The number of rotatable bonds is 11. The highest BCUT2D eigenvalue weighted by molar-refractivity contribution is 4.65. The average Bonchev–Trinajstić information content (AvgIpc) is 2.30. The molecule has 0 heteroatoms. The van der Waals surface area contributed by atoms with Gasteiger partial charge in [0.2, 0.25) is 0 Å². The predicted molar refractivity (Wildman–Crippen MR) is 75.8 cm³/mol. The molecule has 0 saturated carbocycles. The van der Waals surface area contributed by atoms with Gasteiger partial charge in [0.1, 0.15) is 0 Å². The summed E-state index contributed by atoms with van der Waals surface area (Å²) in [6.07, 6.45) is 14.3. The first-order valence-corrected chi connectivity index (χ1v) is 7.76. The molecule has 0 nitrogen and oxygen atoms in total. The van der Waals surface area contributed by atoms with E-state index in [2.05, 4.69) is 27.7 Å². The Morgan fingerprint density at radius 3 is 1.88 bits per heavy atom. The molecule has 2 atom stereocenters. The summed E-state index contributed by atoms with van der Waals surface area (Å²) in [4.78, 5) is 0. The molecule has 0 N–H and O–H groups in total. The molecule has 0 aliphatic heterocycles. The largest absolute Gasteiger partial charge is 0.0654 e. The van der Waals surface area contributed by atoms with Crippen molar-refractivity contribution in [1.82, 2.24) is 0 Å². The van der Waals surface area contributed by atoms with Gasteiger partial charge in [-0.25, -0.2) is 0 Å². The Bertz CT molecular complexity index is 128. The van der Waals surface area contributed by atoms with Crippen LogP contribution in [0.15, 0.2) is 0 Å². The summed E-state index contributed by atoms with van der Waals surface area (Å²) in [6, 6.07) is 0. The maximum absolute atomic E-state index is 2.47. The molecule has 16 heavy (non-hydrogen) atoms. The van der Waals surface area contributed by atoms with Gasteiger partial charge in [-0.3, -0.25) is 0 Å². The number of hydrogen-bond donors (Lipinski definition) is 0. The Morgan fingerprint density at radius 2 is 1.31 bits per heavy atom. The molecular weight excluding hydrogens is 192 g/mol. The predicted octanol–water partition coefficient (Wildman–Crippen LogP) is 6.20. The highest BCUT2D eigenvalue weighted by Crippen LogP contribution is 2.25. The van der Waals surface area contributed by atoms with Gasteiger partial charge in [-0.05, 0) is 11.8 Å². The van der Waals surface area contributed by atoms with Gasteiger partial charge in [0, 0.05) is 0 Å². The summed E-state index contributed by atoms with van der Waals surface area (Å²) in [5, 5.41) is 0. The summed E-state index contributed by atoms with van der Waals surface area (Å²) in [7, 11) is 0. The topological polar surface area (TPSA) is 0 Å². The summed E-state index contributed by atoms with van der Waals surface area (Å²) < 4.78 is 0. The van der Waals surface area contributed by atoms with Crippen molar-refractivity contribution in [2.75, 3.05) is 0 Å². The molecule has 0 heterocycles. The Hall–Kier alpha value is 0. The molecule has 0 rings (SSSR count). The lowest BCUT2D eigenvalue weighted by molar-refractivity contribution is 0.297. The minimum atomic E-state index is 0.955. The van der Waals surface area contributed by atoms with E-state index in [1.807, 2.05) is 0 Å². The fraction of sp³-hybridized carbons (Fsp3) is 1.00. The zero-order chi connectivity index (χ0) is 12.2. The van der Waals surface area contributed by atoms with Gasteiger partial charge in [0.25, 0.3) is 0 Å². The molecule has 2 unspecified atom stereocenters. The molecule has 0 bridgehead atoms. The molecule has 0 fully saturated rings. The standard InChI is InChI=1S/C16H34/c1-5-8-9-10-11-12-14-15(4)16(7-3)13-6-2/h15-16H,5-14H2,1-4H3. The highest BCUT2D eigenvalue weighted by atomic mass is 14.2. The van der Waals surface area contributed by atoms with E-state index in [0.717, 1.165) is 11.8 Å². The molecule has 0 aromatic carbocycles. The fourth-order valence-electron chi connectivity index (χ4n) is 2.74. The van der Waals surface area contributed by atoms with Crippen LogP contribution in [0.5, 0.6) is 0 Å². The summed E-state index contributed by atoms with van der Waals surface area (Å²) in [5.74, 6) is 1.94. The molecule has 0 radical (unpaired) electrons. The van der Waals surface area contributed by atoms with Crippen molar-refractivity contribution >= 4 is 0 Å². The average molecular weight is 226 g/mol. The molecule has 98 valence electrons.